The topological polar surface area (TPSA) is 122 Å². The molecule has 0 spiro atoms. The van der Waals surface area contributed by atoms with Crippen LogP contribution >= 0.6 is 0 Å². The van der Waals surface area contributed by atoms with E-state index in [2.05, 4.69) is 21.1 Å². The number of amides is 2. The molecule has 2 heterocycles. The normalized spacial score (nSPS) is 10.4. The molecular formula is C16H15N5O4. The van der Waals surface area contributed by atoms with E-state index in [0.29, 0.717) is 12.3 Å². The molecule has 0 aliphatic carbocycles. The minimum atomic E-state index is -0.625. The molecule has 3 rings (SSSR count). The Hall–Kier alpha value is -3.62. The first-order chi connectivity index (χ1) is 12.0. The number of phenols is 1. The van der Waals surface area contributed by atoms with Crippen LogP contribution in [0.2, 0.25) is 0 Å². The quantitative estimate of drug-likeness (QED) is 0.609. The molecule has 3 N–H and O–H groups in total. The molecular weight excluding hydrogens is 326 g/mol. The second-order valence-corrected chi connectivity index (χ2v) is 5.35. The highest BCUT2D eigenvalue weighted by atomic mass is 16.5. The van der Waals surface area contributed by atoms with E-state index in [4.69, 9.17) is 4.52 Å². The van der Waals surface area contributed by atoms with E-state index in [0.717, 1.165) is 5.56 Å². The van der Waals surface area contributed by atoms with Crippen LogP contribution in [-0.4, -0.2) is 31.9 Å². The highest BCUT2D eigenvalue weighted by Gasteiger charge is 2.14. The molecule has 9 nitrogen and oxygen atoms in total. The van der Waals surface area contributed by atoms with Gasteiger partial charge in [-0.1, -0.05) is 11.2 Å². The summed E-state index contributed by atoms with van der Waals surface area (Å²) in [6.45, 7) is 2.25. The second kappa shape index (κ2) is 6.87. The van der Waals surface area contributed by atoms with E-state index in [1.807, 2.05) is 13.1 Å². The van der Waals surface area contributed by atoms with Crippen molar-refractivity contribution >= 4 is 11.8 Å². The second-order valence-electron chi connectivity index (χ2n) is 5.35. The summed E-state index contributed by atoms with van der Waals surface area (Å²) in [7, 11) is 0. The number of carbonyl (C=O) groups excluding carboxylic acids is 2. The van der Waals surface area contributed by atoms with Gasteiger partial charge in [0.05, 0.1) is 6.20 Å². The fourth-order valence-corrected chi connectivity index (χ4v) is 2.10. The van der Waals surface area contributed by atoms with Gasteiger partial charge in [-0.25, -0.2) is 0 Å². The predicted octanol–water partition coefficient (Wildman–Crippen LogP) is 1.01. The lowest BCUT2D eigenvalue weighted by molar-refractivity contribution is 0.0841. The molecule has 1 aromatic carbocycles. The van der Waals surface area contributed by atoms with Gasteiger partial charge in [-0.05, 0) is 30.7 Å². The van der Waals surface area contributed by atoms with Crippen molar-refractivity contribution in [1.82, 2.24) is 25.8 Å². The van der Waals surface area contributed by atoms with Crippen LogP contribution in [0.25, 0.3) is 0 Å². The van der Waals surface area contributed by atoms with Crippen molar-refractivity contribution in [3.8, 4) is 5.75 Å². The Morgan fingerprint density at radius 1 is 1.24 bits per heavy atom. The van der Waals surface area contributed by atoms with Gasteiger partial charge >= 0.3 is 0 Å². The number of hydrogen-bond acceptors (Lipinski definition) is 6. The first-order valence-corrected chi connectivity index (χ1v) is 7.35. The Morgan fingerprint density at radius 3 is 2.76 bits per heavy atom. The number of rotatable bonds is 4. The molecule has 9 heteroatoms. The summed E-state index contributed by atoms with van der Waals surface area (Å²) in [6.07, 6.45) is 3.54. The number of hydrazine groups is 1. The molecule has 0 aliphatic rings. The molecule has 128 valence electrons. The SMILES string of the molecule is Cc1cnn(Cc2cc(C(=O)NNC(=O)c3cccc(O)c3)no2)c1. The lowest BCUT2D eigenvalue weighted by atomic mass is 10.2. The van der Waals surface area contributed by atoms with E-state index < -0.39 is 11.8 Å². The molecule has 0 aliphatic heterocycles. The minimum absolute atomic E-state index is 0.0232. The third-order valence-corrected chi connectivity index (χ3v) is 3.27. The molecule has 0 saturated carbocycles. The van der Waals surface area contributed by atoms with Gasteiger partial charge in [0, 0.05) is 17.8 Å². The molecule has 0 atom stereocenters. The zero-order chi connectivity index (χ0) is 17.8. The summed E-state index contributed by atoms with van der Waals surface area (Å²) in [6, 6.07) is 7.20. The molecule has 25 heavy (non-hydrogen) atoms. The van der Waals surface area contributed by atoms with Crippen LogP contribution in [0, 0.1) is 6.92 Å². The number of phenolic OH excluding ortho intramolecular Hbond substituents is 1. The van der Waals surface area contributed by atoms with Crippen molar-refractivity contribution in [2.45, 2.75) is 13.5 Å². The van der Waals surface area contributed by atoms with Crippen molar-refractivity contribution in [2.75, 3.05) is 0 Å². The monoisotopic (exact) mass is 341 g/mol. The number of hydrogen-bond donors (Lipinski definition) is 3. The van der Waals surface area contributed by atoms with Crippen LogP contribution < -0.4 is 10.9 Å². The van der Waals surface area contributed by atoms with Crippen molar-refractivity contribution in [2.24, 2.45) is 0 Å². The smallest absolute Gasteiger partial charge is 0.291 e. The van der Waals surface area contributed by atoms with E-state index in [1.54, 1.807) is 10.9 Å². The van der Waals surface area contributed by atoms with Gasteiger partial charge < -0.3 is 9.63 Å². The largest absolute Gasteiger partial charge is 0.508 e. The maximum absolute atomic E-state index is 12.0. The molecule has 0 fully saturated rings. The summed E-state index contributed by atoms with van der Waals surface area (Å²) in [5.74, 6) is -0.790. The van der Waals surface area contributed by atoms with E-state index in [1.165, 1.54) is 30.3 Å². The number of aryl methyl sites for hydroxylation is 1. The van der Waals surface area contributed by atoms with Gasteiger partial charge in [0.2, 0.25) is 0 Å². The molecule has 2 amide bonds. The fourth-order valence-electron chi connectivity index (χ4n) is 2.10. The van der Waals surface area contributed by atoms with E-state index >= 15 is 0 Å². The van der Waals surface area contributed by atoms with Crippen LogP contribution in [0.15, 0.2) is 47.2 Å². The summed E-state index contributed by atoms with van der Waals surface area (Å²) in [5.41, 5.74) is 5.70. The highest BCUT2D eigenvalue weighted by Crippen LogP contribution is 2.10. The Balaban J connectivity index is 1.57. The number of nitrogens with one attached hydrogen (secondary N) is 2. The number of aromatic nitrogens is 3. The molecule has 3 aromatic rings. The number of benzene rings is 1. The summed E-state index contributed by atoms with van der Waals surface area (Å²) >= 11 is 0. The Bertz CT molecular complexity index is 915. The van der Waals surface area contributed by atoms with Gasteiger partial charge in [-0.2, -0.15) is 5.10 Å². The molecule has 0 saturated heterocycles. The molecule has 2 aromatic heterocycles. The first-order valence-electron chi connectivity index (χ1n) is 7.35. The van der Waals surface area contributed by atoms with E-state index in [9.17, 15) is 14.7 Å². The molecule has 0 radical (unpaired) electrons. The van der Waals surface area contributed by atoms with Crippen molar-refractivity contribution in [1.29, 1.82) is 0 Å². The Kier molecular flexibility index (Phi) is 4.46. The van der Waals surface area contributed by atoms with Crippen LogP contribution in [0.3, 0.4) is 0 Å². The first kappa shape index (κ1) is 16.2. The Labute approximate surface area is 142 Å². The van der Waals surface area contributed by atoms with Crippen molar-refractivity contribution in [3.05, 3.63) is 65.3 Å². The van der Waals surface area contributed by atoms with Gasteiger partial charge in [-0.15, -0.1) is 0 Å². The van der Waals surface area contributed by atoms with E-state index in [-0.39, 0.29) is 17.0 Å². The number of aromatic hydroxyl groups is 1. The predicted molar refractivity (Wildman–Crippen MR) is 85.6 cm³/mol. The maximum Gasteiger partial charge on any atom is 0.291 e. The van der Waals surface area contributed by atoms with Gasteiger partial charge in [0.15, 0.2) is 11.5 Å². The lowest BCUT2D eigenvalue weighted by Gasteiger charge is -2.05. The van der Waals surface area contributed by atoms with Crippen LogP contribution in [-0.2, 0) is 6.54 Å². The average molecular weight is 341 g/mol. The fraction of sp³-hybridized carbons (Fsp3) is 0.125. The van der Waals surface area contributed by atoms with Crippen molar-refractivity contribution in [3.63, 3.8) is 0 Å². The third kappa shape index (κ3) is 4.02. The summed E-state index contributed by atoms with van der Waals surface area (Å²) in [5, 5.41) is 17.1. The number of nitrogens with zero attached hydrogens (tertiary/aromatic N) is 3. The summed E-state index contributed by atoms with van der Waals surface area (Å²) in [4.78, 5) is 23.9. The highest BCUT2D eigenvalue weighted by molar-refractivity contribution is 5.98. The zero-order valence-corrected chi connectivity index (χ0v) is 13.3. The number of carbonyl (C=O) groups is 2. The minimum Gasteiger partial charge on any atom is -0.508 e. The van der Waals surface area contributed by atoms with Gasteiger partial charge in [0.25, 0.3) is 11.8 Å². The van der Waals surface area contributed by atoms with Crippen LogP contribution in [0.5, 0.6) is 5.75 Å². The van der Waals surface area contributed by atoms with Crippen LogP contribution in [0.1, 0.15) is 32.2 Å². The average Bonchev–Trinajstić information content (AvgIpc) is 3.22. The Morgan fingerprint density at radius 2 is 2.04 bits per heavy atom. The third-order valence-electron chi connectivity index (χ3n) is 3.27. The van der Waals surface area contributed by atoms with Gasteiger partial charge in [-0.3, -0.25) is 25.1 Å². The zero-order valence-electron chi connectivity index (χ0n) is 13.3. The molecule has 0 bridgehead atoms. The molecule has 0 unspecified atom stereocenters. The van der Waals surface area contributed by atoms with Crippen LogP contribution in [0.4, 0.5) is 0 Å². The standard InChI is InChI=1S/C16H15N5O4/c1-10-7-17-21(8-10)9-13-6-14(20-25-13)16(24)19-18-15(23)11-3-2-4-12(22)5-11/h2-8,22H,9H2,1H3,(H,18,23)(H,19,24). The lowest BCUT2D eigenvalue weighted by Crippen LogP contribution is -2.41. The maximum atomic E-state index is 12.0. The van der Waals surface area contributed by atoms with Crippen molar-refractivity contribution < 1.29 is 19.2 Å². The summed E-state index contributed by atoms with van der Waals surface area (Å²) < 4.78 is 6.74. The van der Waals surface area contributed by atoms with Gasteiger partial charge in [0.1, 0.15) is 12.3 Å².